The van der Waals surface area contributed by atoms with Crippen LogP contribution >= 0.6 is 0 Å². The van der Waals surface area contributed by atoms with Crippen molar-refractivity contribution in [3.8, 4) is 0 Å². The number of hydrogen-bond donors (Lipinski definition) is 0. The van der Waals surface area contributed by atoms with E-state index in [-0.39, 0.29) is 24.4 Å². The van der Waals surface area contributed by atoms with Gasteiger partial charge in [-0.15, -0.1) is 0 Å². The van der Waals surface area contributed by atoms with Gasteiger partial charge in [-0.25, -0.2) is 0 Å². The molecule has 1 saturated heterocycles. The minimum Gasteiger partial charge on any atom is -0.469 e. The molecule has 6 nitrogen and oxygen atoms in total. The van der Waals surface area contributed by atoms with Crippen LogP contribution in [-0.2, 0) is 23.8 Å². The van der Waals surface area contributed by atoms with Crippen LogP contribution in [0, 0.1) is 0 Å². The summed E-state index contributed by atoms with van der Waals surface area (Å²) in [6.45, 7) is 4.74. The molecule has 0 saturated carbocycles. The number of amides is 1. The molecular weight excluding hydrogens is 250 g/mol. The number of hydrogen-bond acceptors (Lipinski definition) is 5. The fourth-order valence-corrected chi connectivity index (χ4v) is 1.97. The second kappa shape index (κ2) is 8.87. The van der Waals surface area contributed by atoms with Crippen molar-refractivity contribution in [1.82, 2.24) is 4.90 Å². The number of ether oxygens (including phenoxy) is 3. The van der Waals surface area contributed by atoms with Gasteiger partial charge in [-0.1, -0.05) is 0 Å². The average Bonchev–Trinajstić information content (AvgIpc) is 2.43. The van der Waals surface area contributed by atoms with Crippen LogP contribution in [0.4, 0.5) is 0 Å². The van der Waals surface area contributed by atoms with Crippen molar-refractivity contribution in [3.63, 3.8) is 0 Å². The summed E-state index contributed by atoms with van der Waals surface area (Å²) in [5, 5.41) is 0. The average molecular weight is 273 g/mol. The molecule has 0 spiro atoms. The highest BCUT2D eigenvalue weighted by Crippen LogP contribution is 2.11. The molecule has 110 valence electrons. The second-order valence-electron chi connectivity index (χ2n) is 4.41. The highest BCUT2D eigenvalue weighted by atomic mass is 16.5. The number of rotatable bonds is 7. The molecule has 1 rings (SSSR count). The molecule has 1 amide bonds. The van der Waals surface area contributed by atoms with E-state index in [2.05, 4.69) is 4.74 Å². The highest BCUT2D eigenvalue weighted by Gasteiger charge is 2.25. The van der Waals surface area contributed by atoms with E-state index in [4.69, 9.17) is 9.47 Å². The molecule has 1 atom stereocenters. The van der Waals surface area contributed by atoms with Crippen molar-refractivity contribution >= 4 is 11.9 Å². The van der Waals surface area contributed by atoms with Crippen LogP contribution in [0.3, 0.4) is 0 Å². The monoisotopic (exact) mass is 273 g/mol. The van der Waals surface area contributed by atoms with Crippen molar-refractivity contribution in [2.45, 2.75) is 32.3 Å². The number of carbonyl (C=O) groups excluding carboxylic acids is 2. The zero-order chi connectivity index (χ0) is 14.1. The van der Waals surface area contributed by atoms with Crippen LogP contribution in [0.25, 0.3) is 0 Å². The highest BCUT2D eigenvalue weighted by molar-refractivity contribution is 5.76. The van der Waals surface area contributed by atoms with E-state index in [1.807, 2.05) is 6.92 Å². The third kappa shape index (κ3) is 6.02. The molecule has 0 N–H and O–H groups in total. The first-order valence-electron chi connectivity index (χ1n) is 6.71. The first-order chi connectivity index (χ1) is 9.17. The van der Waals surface area contributed by atoms with E-state index in [1.165, 1.54) is 7.11 Å². The lowest BCUT2D eigenvalue weighted by Crippen LogP contribution is -2.46. The maximum atomic E-state index is 12.0. The molecule has 19 heavy (non-hydrogen) atoms. The number of carbonyl (C=O) groups is 2. The number of nitrogens with zero attached hydrogens (tertiary/aromatic N) is 1. The van der Waals surface area contributed by atoms with Crippen molar-refractivity contribution in [1.29, 1.82) is 0 Å². The van der Waals surface area contributed by atoms with Gasteiger partial charge in [0, 0.05) is 32.7 Å². The SMILES string of the molecule is CCOCCCC(=O)N1CCOC(CC(=O)OC)C1. The summed E-state index contributed by atoms with van der Waals surface area (Å²) in [6.07, 6.45) is 1.15. The van der Waals surface area contributed by atoms with Gasteiger partial charge in [0.2, 0.25) is 5.91 Å². The van der Waals surface area contributed by atoms with Crippen molar-refractivity contribution < 1.29 is 23.8 Å². The second-order valence-corrected chi connectivity index (χ2v) is 4.41. The lowest BCUT2D eigenvalue weighted by Gasteiger charge is -2.32. The van der Waals surface area contributed by atoms with Gasteiger partial charge in [-0.2, -0.15) is 0 Å². The first kappa shape index (κ1) is 15.9. The number of esters is 1. The summed E-state index contributed by atoms with van der Waals surface area (Å²) in [5.41, 5.74) is 0. The van der Waals surface area contributed by atoms with Crippen LogP contribution in [0.15, 0.2) is 0 Å². The molecule has 1 aliphatic rings. The summed E-state index contributed by atoms with van der Waals surface area (Å²) in [4.78, 5) is 24.9. The van der Waals surface area contributed by atoms with Gasteiger partial charge in [0.25, 0.3) is 0 Å². The Morgan fingerprint density at radius 1 is 1.42 bits per heavy atom. The normalized spacial score (nSPS) is 19.3. The van der Waals surface area contributed by atoms with Crippen molar-refractivity contribution in [3.05, 3.63) is 0 Å². The van der Waals surface area contributed by atoms with Gasteiger partial charge in [0.1, 0.15) is 0 Å². The zero-order valence-electron chi connectivity index (χ0n) is 11.7. The molecule has 1 fully saturated rings. The van der Waals surface area contributed by atoms with Gasteiger partial charge in [-0.05, 0) is 13.3 Å². The molecule has 6 heteroatoms. The minimum atomic E-state index is -0.310. The third-order valence-electron chi connectivity index (χ3n) is 3.00. The van der Waals surface area contributed by atoms with Gasteiger partial charge in [0.05, 0.1) is 26.2 Å². The summed E-state index contributed by atoms with van der Waals surface area (Å²) < 4.78 is 15.3. The van der Waals surface area contributed by atoms with E-state index in [0.29, 0.717) is 39.3 Å². The quantitative estimate of drug-likeness (QED) is 0.502. The van der Waals surface area contributed by atoms with E-state index < -0.39 is 0 Å². The van der Waals surface area contributed by atoms with Crippen LogP contribution in [0.2, 0.25) is 0 Å². The summed E-state index contributed by atoms with van der Waals surface area (Å²) in [5.74, 6) is -0.214. The minimum absolute atomic E-state index is 0.0952. The van der Waals surface area contributed by atoms with Crippen molar-refractivity contribution in [2.75, 3.05) is 40.0 Å². The Hall–Kier alpha value is -1.14. The lowest BCUT2D eigenvalue weighted by atomic mass is 10.2. The van der Waals surface area contributed by atoms with Gasteiger partial charge in [-0.3, -0.25) is 9.59 Å². The Balaban J connectivity index is 2.28. The number of methoxy groups -OCH3 is 1. The van der Waals surface area contributed by atoms with Gasteiger partial charge in [0.15, 0.2) is 0 Å². The summed E-state index contributed by atoms with van der Waals surface area (Å²) in [7, 11) is 1.35. The maximum absolute atomic E-state index is 12.0. The molecule has 0 aromatic carbocycles. The van der Waals surface area contributed by atoms with E-state index in [1.54, 1.807) is 4.90 Å². The predicted octanol–water partition coefficient (Wildman–Crippen LogP) is 0.594. The lowest BCUT2D eigenvalue weighted by molar-refractivity contribution is -0.150. The van der Waals surface area contributed by atoms with Crippen molar-refractivity contribution in [2.24, 2.45) is 0 Å². The molecule has 0 bridgehead atoms. The van der Waals surface area contributed by atoms with E-state index in [9.17, 15) is 9.59 Å². The Morgan fingerprint density at radius 2 is 2.21 bits per heavy atom. The molecular formula is C13H23NO5. The molecule has 0 aromatic heterocycles. The fourth-order valence-electron chi connectivity index (χ4n) is 1.97. The Morgan fingerprint density at radius 3 is 2.89 bits per heavy atom. The Bertz CT molecular complexity index is 295. The smallest absolute Gasteiger partial charge is 0.308 e. The van der Waals surface area contributed by atoms with Crippen LogP contribution in [-0.4, -0.2) is 62.9 Å². The molecule has 1 aliphatic heterocycles. The predicted molar refractivity (Wildman–Crippen MR) is 68.7 cm³/mol. The molecule has 0 aromatic rings. The van der Waals surface area contributed by atoms with E-state index >= 15 is 0 Å². The Labute approximate surface area is 114 Å². The maximum Gasteiger partial charge on any atom is 0.308 e. The number of morpholine rings is 1. The third-order valence-corrected chi connectivity index (χ3v) is 3.00. The molecule has 0 radical (unpaired) electrons. The van der Waals surface area contributed by atoms with Crippen LogP contribution in [0.1, 0.15) is 26.2 Å². The molecule has 1 unspecified atom stereocenters. The van der Waals surface area contributed by atoms with Crippen LogP contribution in [0.5, 0.6) is 0 Å². The standard InChI is InChI=1S/C13H23NO5/c1-3-18-7-4-5-12(15)14-6-8-19-11(10-14)9-13(16)17-2/h11H,3-10H2,1-2H3. The first-order valence-corrected chi connectivity index (χ1v) is 6.71. The Kier molecular flexibility index (Phi) is 7.43. The largest absolute Gasteiger partial charge is 0.469 e. The molecule has 1 heterocycles. The topological polar surface area (TPSA) is 65.1 Å². The van der Waals surface area contributed by atoms with Gasteiger partial charge < -0.3 is 19.1 Å². The van der Waals surface area contributed by atoms with Crippen LogP contribution < -0.4 is 0 Å². The van der Waals surface area contributed by atoms with E-state index in [0.717, 1.165) is 6.42 Å². The van der Waals surface area contributed by atoms with Gasteiger partial charge >= 0.3 is 5.97 Å². The fraction of sp³-hybridized carbons (Fsp3) is 0.846. The zero-order valence-corrected chi connectivity index (χ0v) is 11.7. The summed E-state index contributed by atoms with van der Waals surface area (Å²) in [6, 6.07) is 0. The molecule has 0 aliphatic carbocycles. The summed E-state index contributed by atoms with van der Waals surface area (Å²) >= 11 is 0.